The highest BCUT2D eigenvalue weighted by Crippen LogP contribution is 2.32. The van der Waals surface area contributed by atoms with E-state index in [1.54, 1.807) is 4.90 Å². The van der Waals surface area contributed by atoms with E-state index in [9.17, 15) is 9.59 Å². The molecule has 7 nitrogen and oxygen atoms in total. The van der Waals surface area contributed by atoms with Crippen LogP contribution in [0.3, 0.4) is 0 Å². The minimum atomic E-state index is -0.372. The van der Waals surface area contributed by atoms with Crippen molar-refractivity contribution in [3.05, 3.63) is 48.0 Å². The Balaban J connectivity index is 1.34. The lowest BCUT2D eigenvalue weighted by molar-refractivity contribution is -0.126. The van der Waals surface area contributed by atoms with Crippen LogP contribution in [0.4, 0.5) is 5.69 Å². The molecule has 1 atom stereocenters. The maximum absolute atomic E-state index is 12.6. The summed E-state index contributed by atoms with van der Waals surface area (Å²) >= 11 is 0. The second kappa shape index (κ2) is 8.03. The van der Waals surface area contributed by atoms with Gasteiger partial charge in [0.25, 0.3) is 0 Å². The first-order valence-electron chi connectivity index (χ1n) is 9.73. The van der Waals surface area contributed by atoms with Crippen molar-refractivity contribution >= 4 is 17.5 Å². The molecule has 1 unspecified atom stereocenters. The molecule has 29 heavy (non-hydrogen) atoms. The molecule has 2 heterocycles. The van der Waals surface area contributed by atoms with Gasteiger partial charge in [-0.1, -0.05) is 6.07 Å². The first-order chi connectivity index (χ1) is 14.0. The molecule has 152 valence electrons. The molecule has 2 aliphatic heterocycles. The molecule has 2 aromatic rings. The average Bonchev–Trinajstić information content (AvgIpc) is 3.32. The Morgan fingerprint density at radius 2 is 1.93 bits per heavy atom. The van der Waals surface area contributed by atoms with Gasteiger partial charge < -0.3 is 24.4 Å². The molecule has 2 aromatic carbocycles. The lowest BCUT2D eigenvalue weighted by atomic mass is 10.1. The van der Waals surface area contributed by atoms with Crippen LogP contribution in [0, 0.1) is 5.92 Å². The van der Waals surface area contributed by atoms with Gasteiger partial charge in [-0.05, 0) is 55.8 Å². The van der Waals surface area contributed by atoms with Crippen molar-refractivity contribution in [2.45, 2.75) is 32.9 Å². The lowest BCUT2D eigenvalue weighted by Crippen LogP contribution is -2.32. The summed E-state index contributed by atoms with van der Waals surface area (Å²) in [5.41, 5.74) is 1.70. The van der Waals surface area contributed by atoms with Gasteiger partial charge in [0, 0.05) is 25.2 Å². The second-order valence-electron chi connectivity index (χ2n) is 7.47. The lowest BCUT2D eigenvalue weighted by Gasteiger charge is -2.18. The summed E-state index contributed by atoms with van der Waals surface area (Å²) in [6.45, 7) is 4.89. The van der Waals surface area contributed by atoms with Crippen LogP contribution in [0.15, 0.2) is 42.5 Å². The monoisotopic (exact) mass is 396 g/mol. The molecule has 1 saturated heterocycles. The highest BCUT2D eigenvalue weighted by molar-refractivity contribution is 6.00. The molecule has 2 aliphatic rings. The number of nitrogens with one attached hydrogen (secondary N) is 1. The van der Waals surface area contributed by atoms with Crippen molar-refractivity contribution in [2.75, 3.05) is 18.2 Å². The Hall–Kier alpha value is -3.22. The normalized spacial score (nSPS) is 17.7. The van der Waals surface area contributed by atoms with Crippen molar-refractivity contribution < 1.29 is 23.8 Å². The van der Waals surface area contributed by atoms with E-state index in [0.29, 0.717) is 24.6 Å². The van der Waals surface area contributed by atoms with E-state index in [4.69, 9.17) is 14.2 Å². The SMILES string of the molecule is CC(C)Oc1ccc(N2CC(C(=O)NCc3ccc4c(c3)OCO4)CC2=O)cc1. The zero-order valence-corrected chi connectivity index (χ0v) is 16.5. The molecule has 0 aromatic heterocycles. The number of carbonyl (C=O) groups excluding carboxylic acids is 2. The van der Waals surface area contributed by atoms with Crippen LogP contribution in [0.1, 0.15) is 25.8 Å². The highest BCUT2D eigenvalue weighted by Gasteiger charge is 2.35. The summed E-state index contributed by atoms with van der Waals surface area (Å²) in [5, 5.41) is 2.92. The summed E-state index contributed by atoms with van der Waals surface area (Å²) in [7, 11) is 0. The van der Waals surface area contributed by atoms with Gasteiger partial charge in [0.1, 0.15) is 5.75 Å². The standard InChI is InChI=1S/C22H24N2O5/c1-14(2)29-18-6-4-17(5-7-18)24-12-16(10-21(24)25)22(26)23-11-15-3-8-19-20(9-15)28-13-27-19/h3-9,14,16H,10-13H2,1-2H3,(H,23,26). The van der Waals surface area contributed by atoms with Crippen molar-refractivity contribution in [1.82, 2.24) is 5.32 Å². The Bertz CT molecular complexity index is 910. The first kappa shape index (κ1) is 19.1. The maximum atomic E-state index is 12.6. The predicted octanol–water partition coefficient (Wildman–Crippen LogP) is 2.87. The summed E-state index contributed by atoms with van der Waals surface area (Å²) in [4.78, 5) is 26.7. The fraction of sp³-hybridized carbons (Fsp3) is 0.364. The average molecular weight is 396 g/mol. The third kappa shape index (κ3) is 4.29. The third-order valence-electron chi connectivity index (χ3n) is 4.92. The van der Waals surface area contributed by atoms with Crippen molar-refractivity contribution in [2.24, 2.45) is 5.92 Å². The molecule has 0 bridgehead atoms. The summed E-state index contributed by atoms with van der Waals surface area (Å²) < 4.78 is 16.3. The number of ether oxygens (including phenoxy) is 3. The van der Waals surface area contributed by atoms with Crippen molar-refractivity contribution in [1.29, 1.82) is 0 Å². The largest absolute Gasteiger partial charge is 0.491 e. The predicted molar refractivity (Wildman–Crippen MR) is 107 cm³/mol. The molecule has 7 heteroatoms. The number of benzene rings is 2. The smallest absolute Gasteiger partial charge is 0.231 e. The quantitative estimate of drug-likeness (QED) is 0.813. The molecule has 0 spiro atoms. The summed E-state index contributed by atoms with van der Waals surface area (Å²) in [5.74, 6) is 1.60. The molecular formula is C22H24N2O5. The number of anilines is 1. The van der Waals surface area contributed by atoms with Crippen LogP contribution in [0.2, 0.25) is 0 Å². The van der Waals surface area contributed by atoms with Gasteiger partial charge in [-0.15, -0.1) is 0 Å². The van der Waals surface area contributed by atoms with Crippen LogP contribution in [-0.2, 0) is 16.1 Å². The van der Waals surface area contributed by atoms with Crippen LogP contribution in [-0.4, -0.2) is 31.3 Å². The number of fused-ring (bicyclic) bond motifs is 1. The van der Waals surface area contributed by atoms with Crippen LogP contribution >= 0.6 is 0 Å². The topological polar surface area (TPSA) is 77.1 Å². The van der Waals surface area contributed by atoms with Gasteiger partial charge in [0.15, 0.2) is 11.5 Å². The number of nitrogens with zero attached hydrogens (tertiary/aromatic N) is 1. The zero-order chi connectivity index (χ0) is 20.4. The number of carbonyl (C=O) groups is 2. The van der Waals surface area contributed by atoms with E-state index in [-0.39, 0.29) is 37.0 Å². The minimum Gasteiger partial charge on any atom is -0.491 e. The molecular weight excluding hydrogens is 372 g/mol. The van der Waals surface area contributed by atoms with Gasteiger partial charge >= 0.3 is 0 Å². The molecule has 2 amide bonds. The fourth-order valence-corrected chi connectivity index (χ4v) is 3.49. The second-order valence-corrected chi connectivity index (χ2v) is 7.47. The van der Waals surface area contributed by atoms with Gasteiger partial charge in [-0.2, -0.15) is 0 Å². The van der Waals surface area contributed by atoms with Gasteiger partial charge in [-0.25, -0.2) is 0 Å². The van der Waals surface area contributed by atoms with E-state index in [1.165, 1.54) is 0 Å². The first-order valence-corrected chi connectivity index (χ1v) is 9.73. The number of amides is 2. The Kier molecular flexibility index (Phi) is 5.29. The molecule has 1 N–H and O–H groups in total. The van der Waals surface area contributed by atoms with E-state index in [1.807, 2.05) is 56.3 Å². The third-order valence-corrected chi connectivity index (χ3v) is 4.92. The van der Waals surface area contributed by atoms with E-state index < -0.39 is 0 Å². The number of hydrogen-bond acceptors (Lipinski definition) is 5. The number of hydrogen-bond donors (Lipinski definition) is 1. The van der Waals surface area contributed by atoms with Crippen LogP contribution in [0.25, 0.3) is 0 Å². The Morgan fingerprint density at radius 3 is 2.69 bits per heavy atom. The molecule has 0 radical (unpaired) electrons. The fourth-order valence-electron chi connectivity index (χ4n) is 3.49. The molecule has 4 rings (SSSR count). The van der Waals surface area contributed by atoms with Crippen LogP contribution in [0.5, 0.6) is 17.2 Å². The van der Waals surface area contributed by atoms with Gasteiger partial charge in [0.05, 0.1) is 12.0 Å². The van der Waals surface area contributed by atoms with E-state index in [0.717, 1.165) is 17.0 Å². The maximum Gasteiger partial charge on any atom is 0.231 e. The molecule has 0 aliphatic carbocycles. The van der Waals surface area contributed by atoms with Gasteiger partial charge in [0.2, 0.25) is 18.6 Å². The summed E-state index contributed by atoms with van der Waals surface area (Å²) in [6, 6.07) is 13.0. The Morgan fingerprint density at radius 1 is 1.17 bits per heavy atom. The van der Waals surface area contributed by atoms with E-state index >= 15 is 0 Å². The minimum absolute atomic E-state index is 0.0502. The van der Waals surface area contributed by atoms with E-state index in [2.05, 4.69) is 5.32 Å². The highest BCUT2D eigenvalue weighted by atomic mass is 16.7. The van der Waals surface area contributed by atoms with Gasteiger partial charge in [-0.3, -0.25) is 9.59 Å². The van der Waals surface area contributed by atoms with Crippen LogP contribution < -0.4 is 24.4 Å². The summed E-state index contributed by atoms with van der Waals surface area (Å²) in [6.07, 6.45) is 0.295. The molecule has 1 fully saturated rings. The zero-order valence-electron chi connectivity index (χ0n) is 16.5. The molecule has 0 saturated carbocycles. The number of rotatable bonds is 6. The Labute approximate surface area is 169 Å². The van der Waals surface area contributed by atoms with Crippen molar-refractivity contribution in [3.63, 3.8) is 0 Å². The van der Waals surface area contributed by atoms with Crippen molar-refractivity contribution in [3.8, 4) is 17.2 Å².